The van der Waals surface area contributed by atoms with Crippen LogP contribution >= 0.6 is 0 Å². The Morgan fingerprint density at radius 1 is 1.35 bits per heavy atom. The van der Waals surface area contributed by atoms with Crippen LogP contribution in [0.1, 0.15) is 5.56 Å². The third-order valence-electron chi connectivity index (χ3n) is 2.25. The molecule has 0 spiro atoms. The molecule has 0 aliphatic carbocycles. The van der Waals surface area contributed by atoms with Crippen molar-refractivity contribution >= 4 is 11.9 Å². The molecule has 1 aromatic rings. The van der Waals surface area contributed by atoms with E-state index in [9.17, 15) is 24.9 Å². The average Bonchev–Trinajstić information content (AvgIpc) is 2.25. The Bertz CT molecular complexity index is 426. The van der Waals surface area contributed by atoms with Gasteiger partial charge in [0.1, 0.15) is 0 Å². The summed E-state index contributed by atoms with van der Waals surface area (Å²) >= 11 is 0. The minimum absolute atomic E-state index is 0.194. The molecule has 0 fully saturated rings. The zero-order chi connectivity index (χ0) is 13.0. The van der Waals surface area contributed by atoms with Crippen molar-refractivity contribution in [2.24, 2.45) is 5.92 Å². The molecule has 17 heavy (non-hydrogen) atoms. The molecular weight excluding hydrogens is 228 g/mol. The maximum atomic E-state index is 10.5. The second-order valence-electron chi connectivity index (χ2n) is 3.40. The number of rotatable bonds is 5. The highest BCUT2D eigenvalue weighted by Gasteiger charge is 2.13. The monoisotopic (exact) mass is 238 g/mol. The largest absolute Gasteiger partial charge is 0.549 e. The van der Waals surface area contributed by atoms with E-state index in [1.54, 1.807) is 0 Å². The van der Waals surface area contributed by atoms with Crippen LogP contribution in [0.25, 0.3) is 0 Å². The van der Waals surface area contributed by atoms with Crippen molar-refractivity contribution in [3.63, 3.8) is 0 Å². The van der Waals surface area contributed by atoms with E-state index in [1.165, 1.54) is 25.3 Å². The maximum absolute atomic E-state index is 10.5. The SMILES string of the molecule is COc1ccc(CC(C(=O)[O-])C(=O)[O-])cc1O. The fourth-order valence-electron chi connectivity index (χ4n) is 1.36. The minimum Gasteiger partial charge on any atom is -0.549 e. The molecule has 6 nitrogen and oxygen atoms in total. The first-order chi connectivity index (χ1) is 7.95. The molecule has 1 rings (SSSR count). The number of benzene rings is 1. The molecule has 0 aliphatic rings. The second kappa shape index (κ2) is 5.20. The highest BCUT2D eigenvalue weighted by molar-refractivity contribution is 5.91. The molecule has 0 aromatic heterocycles. The van der Waals surface area contributed by atoms with Gasteiger partial charge in [0, 0.05) is 5.92 Å². The van der Waals surface area contributed by atoms with E-state index in [4.69, 9.17) is 4.74 Å². The Labute approximate surface area is 97.1 Å². The molecule has 6 heteroatoms. The Balaban J connectivity index is 2.91. The first kappa shape index (κ1) is 12.8. The molecule has 0 radical (unpaired) electrons. The predicted molar refractivity (Wildman–Crippen MR) is 51.9 cm³/mol. The van der Waals surface area contributed by atoms with Gasteiger partial charge >= 0.3 is 0 Å². The van der Waals surface area contributed by atoms with Crippen molar-refractivity contribution in [1.82, 2.24) is 0 Å². The molecule has 1 N–H and O–H groups in total. The van der Waals surface area contributed by atoms with Crippen LogP contribution in [-0.4, -0.2) is 24.2 Å². The lowest BCUT2D eigenvalue weighted by Crippen LogP contribution is -2.44. The van der Waals surface area contributed by atoms with Gasteiger partial charge in [-0.2, -0.15) is 0 Å². The molecule has 0 heterocycles. The lowest BCUT2D eigenvalue weighted by atomic mass is 9.99. The van der Waals surface area contributed by atoms with Gasteiger partial charge in [0.25, 0.3) is 0 Å². The number of phenolic OH excluding ortho intramolecular Hbond substituents is 1. The van der Waals surface area contributed by atoms with Gasteiger partial charge in [-0.15, -0.1) is 0 Å². The quantitative estimate of drug-likeness (QED) is 0.597. The Hall–Kier alpha value is -2.24. The first-order valence-electron chi connectivity index (χ1n) is 4.73. The van der Waals surface area contributed by atoms with Crippen LogP contribution in [-0.2, 0) is 16.0 Å². The predicted octanol–water partition coefficient (Wildman–Crippen LogP) is -1.94. The van der Waals surface area contributed by atoms with Gasteiger partial charge in [-0.3, -0.25) is 0 Å². The number of phenols is 1. The molecule has 92 valence electrons. The van der Waals surface area contributed by atoms with Crippen LogP contribution in [0.2, 0.25) is 0 Å². The number of hydrogen-bond donors (Lipinski definition) is 1. The van der Waals surface area contributed by atoms with Crippen LogP contribution in [0, 0.1) is 5.92 Å². The van der Waals surface area contributed by atoms with E-state index in [-0.39, 0.29) is 17.9 Å². The van der Waals surface area contributed by atoms with Crippen LogP contribution in [0.4, 0.5) is 0 Å². The minimum atomic E-state index is -1.75. The van der Waals surface area contributed by atoms with Crippen molar-refractivity contribution in [2.45, 2.75) is 6.42 Å². The fourth-order valence-corrected chi connectivity index (χ4v) is 1.36. The van der Waals surface area contributed by atoms with E-state index >= 15 is 0 Å². The number of carbonyl (C=O) groups excluding carboxylic acids is 2. The van der Waals surface area contributed by atoms with E-state index < -0.39 is 17.9 Å². The summed E-state index contributed by atoms with van der Waals surface area (Å²) in [6.07, 6.45) is -0.317. The topological polar surface area (TPSA) is 110 Å². The summed E-state index contributed by atoms with van der Waals surface area (Å²) in [5.41, 5.74) is 0.335. The van der Waals surface area contributed by atoms with Gasteiger partial charge in [-0.05, 0) is 24.1 Å². The standard InChI is InChI=1S/C11H12O6/c1-17-9-3-2-6(5-8(9)12)4-7(10(13)14)11(15)16/h2-3,5,7,12H,4H2,1H3,(H,13,14)(H,15,16)/p-2. The van der Waals surface area contributed by atoms with Crippen LogP contribution < -0.4 is 14.9 Å². The highest BCUT2D eigenvalue weighted by atomic mass is 16.5. The van der Waals surface area contributed by atoms with Crippen molar-refractivity contribution < 1.29 is 29.6 Å². The Morgan fingerprint density at radius 3 is 2.35 bits per heavy atom. The van der Waals surface area contributed by atoms with Gasteiger partial charge in [-0.1, -0.05) is 6.07 Å². The van der Waals surface area contributed by atoms with E-state index in [2.05, 4.69) is 0 Å². The Morgan fingerprint density at radius 2 is 1.94 bits per heavy atom. The smallest absolute Gasteiger partial charge is 0.160 e. The Kier molecular flexibility index (Phi) is 3.92. The van der Waals surface area contributed by atoms with Gasteiger partial charge in [0.2, 0.25) is 0 Å². The zero-order valence-electron chi connectivity index (χ0n) is 9.00. The summed E-state index contributed by atoms with van der Waals surface area (Å²) < 4.78 is 4.79. The lowest BCUT2D eigenvalue weighted by Gasteiger charge is -2.19. The third kappa shape index (κ3) is 3.10. The van der Waals surface area contributed by atoms with E-state index in [0.29, 0.717) is 5.56 Å². The number of ether oxygens (including phenoxy) is 1. The summed E-state index contributed by atoms with van der Waals surface area (Å²) in [5, 5.41) is 30.5. The van der Waals surface area contributed by atoms with Gasteiger partial charge < -0.3 is 29.6 Å². The molecular formula is C11H10O6-2. The van der Waals surface area contributed by atoms with Crippen LogP contribution in [0.3, 0.4) is 0 Å². The summed E-state index contributed by atoms with van der Waals surface area (Å²) in [6, 6.07) is 4.10. The van der Waals surface area contributed by atoms with E-state index in [1.807, 2.05) is 0 Å². The fraction of sp³-hybridized carbons (Fsp3) is 0.273. The number of carboxylic acids is 2. The number of carbonyl (C=O) groups is 2. The number of carboxylic acid groups (broad SMARTS) is 2. The molecule has 0 unspecified atom stereocenters. The van der Waals surface area contributed by atoms with Crippen molar-refractivity contribution in [2.75, 3.05) is 7.11 Å². The van der Waals surface area contributed by atoms with Crippen LogP contribution in [0.15, 0.2) is 18.2 Å². The van der Waals surface area contributed by atoms with Crippen molar-refractivity contribution in [3.8, 4) is 11.5 Å². The number of aromatic hydroxyl groups is 1. The van der Waals surface area contributed by atoms with Crippen molar-refractivity contribution in [3.05, 3.63) is 23.8 Å². The second-order valence-corrected chi connectivity index (χ2v) is 3.40. The van der Waals surface area contributed by atoms with Gasteiger partial charge in [-0.25, -0.2) is 0 Å². The zero-order valence-corrected chi connectivity index (χ0v) is 9.00. The van der Waals surface area contributed by atoms with Gasteiger partial charge in [0.15, 0.2) is 11.5 Å². The van der Waals surface area contributed by atoms with E-state index in [0.717, 1.165) is 0 Å². The molecule has 0 bridgehead atoms. The highest BCUT2D eigenvalue weighted by Crippen LogP contribution is 2.27. The van der Waals surface area contributed by atoms with Crippen LogP contribution in [0.5, 0.6) is 11.5 Å². The molecule has 0 aliphatic heterocycles. The summed E-state index contributed by atoms with van der Waals surface area (Å²) in [7, 11) is 1.36. The normalized spacial score (nSPS) is 10.2. The first-order valence-corrected chi connectivity index (χ1v) is 4.73. The molecule has 0 amide bonds. The third-order valence-corrected chi connectivity index (χ3v) is 2.25. The molecule has 0 saturated carbocycles. The summed E-state index contributed by atoms with van der Waals surface area (Å²) in [4.78, 5) is 21.1. The maximum Gasteiger partial charge on any atom is 0.160 e. The molecule has 1 aromatic carbocycles. The molecule has 0 atom stereocenters. The molecule has 0 saturated heterocycles. The number of aliphatic carboxylic acids is 2. The summed E-state index contributed by atoms with van der Waals surface area (Å²) in [6.45, 7) is 0. The average molecular weight is 238 g/mol. The van der Waals surface area contributed by atoms with Crippen molar-refractivity contribution in [1.29, 1.82) is 0 Å². The summed E-state index contributed by atoms with van der Waals surface area (Å²) in [5.74, 6) is -5.17. The number of methoxy groups -OCH3 is 1. The number of hydrogen-bond acceptors (Lipinski definition) is 6. The lowest BCUT2D eigenvalue weighted by molar-refractivity contribution is -0.331. The van der Waals surface area contributed by atoms with Gasteiger partial charge in [0.05, 0.1) is 19.0 Å².